The van der Waals surface area contributed by atoms with E-state index in [4.69, 9.17) is 22.8 Å². The minimum absolute atomic E-state index is 0.446. The Balaban J connectivity index is 4.70. The van der Waals surface area contributed by atoms with Gasteiger partial charge in [0.25, 0.3) is 0 Å². The average Bonchev–Trinajstić information content (AvgIpc) is 2.46. The molecule has 0 aromatic rings. The van der Waals surface area contributed by atoms with Crippen molar-refractivity contribution in [2.75, 3.05) is 26.4 Å². The summed E-state index contributed by atoms with van der Waals surface area (Å²) in [5.74, 6) is -0.509. The van der Waals surface area contributed by atoms with E-state index in [9.17, 15) is 4.79 Å². The first-order valence-corrected chi connectivity index (χ1v) is 9.37. The van der Waals surface area contributed by atoms with E-state index in [0.29, 0.717) is 38.9 Å². The van der Waals surface area contributed by atoms with Crippen LogP contribution in [0.5, 0.6) is 0 Å². The Labute approximate surface area is 128 Å². The van der Waals surface area contributed by atoms with E-state index in [1.165, 1.54) is 0 Å². The molecule has 0 aliphatic carbocycles. The molecule has 1 unspecified atom stereocenters. The van der Waals surface area contributed by atoms with Gasteiger partial charge in [0.15, 0.2) is 0 Å². The second kappa shape index (κ2) is 11.9. The van der Waals surface area contributed by atoms with Crippen molar-refractivity contribution in [3.63, 3.8) is 0 Å². The van der Waals surface area contributed by atoms with Gasteiger partial charge in [-0.1, -0.05) is 6.58 Å². The number of hydrogen-bond acceptors (Lipinski definition) is 6. The van der Waals surface area contributed by atoms with Crippen LogP contribution < -0.4 is 0 Å². The first kappa shape index (κ1) is 20.3. The van der Waals surface area contributed by atoms with Crippen LogP contribution in [0.2, 0.25) is 6.04 Å². The molecule has 0 amide bonds. The molecule has 0 radical (unpaired) electrons. The molecule has 1 atom stereocenters. The lowest BCUT2D eigenvalue weighted by atomic mass is 10.4. The van der Waals surface area contributed by atoms with Gasteiger partial charge in [0.1, 0.15) is 0 Å². The van der Waals surface area contributed by atoms with Gasteiger partial charge in [-0.3, -0.25) is 0 Å². The minimum atomic E-state index is -2.75. The fourth-order valence-electron chi connectivity index (χ4n) is 1.84. The molecular weight excluding hydrogens is 292 g/mol. The van der Waals surface area contributed by atoms with Gasteiger partial charge in [0.2, 0.25) is 6.29 Å². The maximum absolute atomic E-state index is 11.3. The predicted molar refractivity (Wildman–Crippen MR) is 81.8 cm³/mol. The number of ether oxygens (including phenoxy) is 2. The van der Waals surface area contributed by atoms with E-state index in [0.717, 1.165) is 6.08 Å². The van der Waals surface area contributed by atoms with E-state index in [1.807, 2.05) is 27.7 Å². The lowest BCUT2D eigenvalue weighted by Crippen LogP contribution is -2.46. The fraction of sp³-hybridized carbons (Fsp3) is 0.786. The Morgan fingerprint density at radius 1 is 1.05 bits per heavy atom. The molecule has 0 saturated heterocycles. The highest BCUT2D eigenvalue weighted by Gasteiger charge is 2.41. The Kier molecular flexibility index (Phi) is 11.5. The van der Waals surface area contributed by atoms with E-state index < -0.39 is 21.1 Å². The molecule has 7 heteroatoms. The summed E-state index contributed by atoms with van der Waals surface area (Å²) in [4.78, 5) is 11.3. The van der Waals surface area contributed by atoms with Crippen molar-refractivity contribution in [1.29, 1.82) is 0 Å². The first-order chi connectivity index (χ1) is 10.1. The van der Waals surface area contributed by atoms with Crippen LogP contribution in [-0.2, 0) is 27.5 Å². The minimum Gasteiger partial charge on any atom is -0.433 e. The Morgan fingerprint density at radius 3 is 1.95 bits per heavy atom. The predicted octanol–water partition coefficient (Wildman–Crippen LogP) is 2.52. The van der Waals surface area contributed by atoms with E-state index in [2.05, 4.69) is 6.58 Å². The molecule has 21 heavy (non-hydrogen) atoms. The van der Waals surface area contributed by atoms with Gasteiger partial charge in [0, 0.05) is 45.0 Å². The lowest BCUT2D eigenvalue weighted by molar-refractivity contribution is -0.173. The Morgan fingerprint density at radius 2 is 1.57 bits per heavy atom. The number of carbonyl (C=O) groups excluding carboxylic acids is 1. The summed E-state index contributed by atoms with van der Waals surface area (Å²) >= 11 is 0. The Bertz CT molecular complexity index is 280. The second-order valence-electron chi connectivity index (χ2n) is 4.05. The zero-order valence-electron chi connectivity index (χ0n) is 13.6. The van der Waals surface area contributed by atoms with Crippen molar-refractivity contribution in [2.24, 2.45) is 0 Å². The van der Waals surface area contributed by atoms with Gasteiger partial charge in [-0.25, -0.2) is 4.79 Å². The topological polar surface area (TPSA) is 63.2 Å². The molecule has 0 aliphatic heterocycles. The summed E-state index contributed by atoms with van der Waals surface area (Å²) in [5, 5.41) is 0. The lowest BCUT2D eigenvalue weighted by Gasteiger charge is -2.29. The summed E-state index contributed by atoms with van der Waals surface area (Å²) in [6.45, 7) is 12.9. The standard InChI is InChI=1S/C14H28O6Si/c1-6-13(15)20-14(16-7-2)11-12-21(17-8-3,18-9-4)19-10-5/h6,14H,1,7-12H2,2-5H3. The number of hydrogen-bond donors (Lipinski definition) is 0. The monoisotopic (exact) mass is 320 g/mol. The summed E-state index contributed by atoms with van der Waals surface area (Å²) in [5.41, 5.74) is 0. The maximum atomic E-state index is 11.3. The molecule has 0 spiro atoms. The molecule has 0 bridgehead atoms. The van der Waals surface area contributed by atoms with E-state index >= 15 is 0 Å². The van der Waals surface area contributed by atoms with Crippen molar-refractivity contribution in [3.8, 4) is 0 Å². The summed E-state index contributed by atoms with van der Waals surface area (Å²) in [7, 11) is -2.75. The highest BCUT2D eigenvalue weighted by Crippen LogP contribution is 2.21. The fourth-order valence-corrected chi connectivity index (χ4v) is 4.43. The molecule has 124 valence electrons. The SMILES string of the molecule is C=CC(=O)OC(CC[Si](OCC)(OCC)OCC)OCC. The molecule has 0 saturated carbocycles. The molecule has 0 rings (SSSR count). The second-order valence-corrected chi connectivity index (χ2v) is 6.78. The highest BCUT2D eigenvalue weighted by molar-refractivity contribution is 6.60. The van der Waals surface area contributed by atoms with Crippen LogP contribution in [0.1, 0.15) is 34.1 Å². The van der Waals surface area contributed by atoms with Gasteiger partial charge < -0.3 is 22.8 Å². The third kappa shape index (κ3) is 8.33. The van der Waals surface area contributed by atoms with E-state index in [1.54, 1.807) is 0 Å². The normalized spacial score (nSPS) is 13.0. The van der Waals surface area contributed by atoms with Crippen LogP contribution in [0.15, 0.2) is 12.7 Å². The van der Waals surface area contributed by atoms with Crippen molar-refractivity contribution in [2.45, 2.75) is 46.4 Å². The van der Waals surface area contributed by atoms with Crippen LogP contribution in [-0.4, -0.2) is 47.5 Å². The highest BCUT2D eigenvalue weighted by atomic mass is 28.4. The largest absolute Gasteiger partial charge is 0.501 e. The van der Waals surface area contributed by atoms with E-state index in [-0.39, 0.29) is 0 Å². The first-order valence-electron chi connectivity index (χ1n) is 7.43. The average molecular weight is 320 g/mol. The van der Waals surface area contributed by atoms with Crippen LogP contribution in [0.4, 0.5) is 0 Å². The summed E-state index contributed by atoms with van der Waals surface area (Å²) in [6.07, 6.45) is 0.929. The summed E-state index contributed by atoms with van der Waals surface area (Å²) < 4.78 is 27.8. The van der Waals surface area contributed by atoms with Crippen LogP contribution in [0.3, 0.4) is 0 Å². The van der Waals surface area contributed by atoms with Crippen molar-refractivity contribution >= 4 is 14.8 Å². The van der Waals surface area contributed by atoms with Gasteiger partial charge in [-0.15, -0.1) is 0 Å². The third-order valence-electron chi connectivity index (χ3n) is 2.55. The molecule has 0 aliphatic rings. The molecule has 0 fully saturated rings. The third-order valence-corrected chi connectivity index (χ3v) is 5.63. The van der Waals surface area contributed by atoms with Crippen molar-refractivity contribution in [1.82, 2.24) is 0 Å². The quantitative estimate of drug-likeness (QED) is 0.225. The zero-order chi connectivity index (χ0) is 16.1. The number of rotatable bonds is 13. The maximum Gasteiger partial charge on any atom is 0.501 e. The van der Waals surface area contributed by atoms with Gasteiger partial charge in [-0.05, 0) is 27.7 Å². The van der Waals surface area contributed by atoms with Crippen molar-refractivity contribution < 1.29 is 27.5 Å². The van der Waals surface area contributed by atoms with Crippen LogP contribution in [0, 0.1) is 0 Å². The molecule has 0 heterocycles. The van der Waals surface area contributed by atoms with Gasteiger partial charge >= 0.3 is 14.8 Å². The van der Waals surface area contributed by atoms with Crippen LogP contribution >= 0.6 is 0 Å². The molecule has 0 N–H and O–H groups in total. The number of esters is 1. The molecule has 0 aromatic heterocycles. The van der Waals surface area contributed by atoms with Gasteiger partial charge in [-0.2, -0.15) is 0 Å². The van der Waals surface area contributed by atoms with Gasteiger partial charge in [0.05, 0.1) is 0 Å². The van der Waals surface area contributed by atoms with Crippen LogP contribution in [0.25, 0.3) is 0 Å². The smallest absolute Gasteiger partial charge is 0.433 e. The Hall–Kier alpha value is -0.733. The number of carbonyl (C=O) groups is 1. The molecule has 0 aromatic carbocycles. The van der Waals surface area contributed by atoms with Crippen molar-refractivity contribution in [3.05, 3.63) is 12.7 Å². The zero-order valence-corrected chi connectivity index (χ0v) is 14.6. The summed E-state index contributed by atoms with van der Waals surface area (Å²) in [6, 6.07) is 0.525. The molecular formula is C14H28O6Si. The molecule has 6 nitrogen and oxygen atoms in total.